The second-order valence-electron chi connectivity index (χ2n) is 6.83. The van der Waals surface area contributed by atoms with E-state index in [-0.39, 0.29) is 24.5 Å². The number of alkyl halides is 2. The van der Waals surface area contributed by atoms with Crippen LogP contribution in [-0.4, -0.2) is 54.7 Å². The van der Waals surface area contributed by atoms with Gasteiger partial charge in [0.2, 0.25) is 12.3 Å². The molecule has 2 aliphatic heterocycles. The summed E-state index contributed by atoms with van der Waals surface area (Å²) in [4.78, 5) is 14.5. The van der Waals surface area contributed by atoms with E-state index in [1.54, 1.807) is 4.90 Å². The van der Waals surface area contributed by atoms with Gasteiger partial charge in [-0.15, -0.1) is 0 Å². The lowest BCUT2D eigenvalue weighted by Crippen LogP contribution is -2.61. The normalized spacial score (nSPS) is 34.1. The summed E-state index contributed by atoms with van der Waals surface area (Å²) in [5, 5.41) is 0. The number of carbonyl (C=O) groups excluding carboxylic acids is 1. The van der Waals surface area contributed by atoms with Crippen molar-refractivity contribution >= 4 is 5.91 Å². The Hall–Kier alpha value is -0.750. The Morgan fingerprint density at radius 2 is 2.05 bits per heavy atom. The fourth-order valence-electron chi connectivity index (χ4n) is 3.38. The van der Waals surface area contributed by atoms with E-state index in [1.165, 1.54) is 0 Å². The zero-order valence-corrected chi connectivity index (χ0v) is 11.9. The molecule has 0 unspecified atom stereocenters. The number of fused-ring (bicyclic) bond motifs is 1. The third kappa shape index (κ3) is 2.44. The lowest BCUT2D eigenvalue weighted by atomic mass is 9.95. The molecule has 3 rings (SSSR count). The summed E-state index contributed by atoms with van der Waals surface area (Å²) in [7, 11) is 0. The maximum Gasteiger partial charge on any atom is 0.239 e. The highest BCUT2D eigenvalue weighted by molar-refractivity contribution is 5.86. The molecule has 0 bridgehead atoms. The maximum absolute atomic E-state index is 12.7. The first-order valence-corrected chi connectivity index (χ1v) is 7.18. The minimum atomic E-state index is -2.42. The van der Waals surface area contributed by atoms with Crippen LogP contribution in [0, 0.1) is 5.41 Å². The van der Waals surface area contributed by atoms with Crippen molar-refractivity contribution in [2.75, 3.05) is 19.8 Å². The van der Waals surface area contributed by atoms with Crippen LogP contribution in [0.3, 0.4) is 0 Å². The zero-order valence-electron chi connectivity index (χ0n) is 11.9. The number of ether oxygens (including phenoxy) is 2. The molecule has 3 fully saturated rings. The topological polar surface area (TPSA) is 38.8 Å². The number of nitrogens with zero attached hydrogens (tertiary/aromatic N) is 1. The summed E-state index contributed by atoms with van der Waals surface area (Å²) in [6.07, 6.45) is -1.73. The summed E-state index contributed by atoms with van der Waals surface area (Å²) in [5.41, 5.74) is -1.28. The van der Waals surface area contributed by atoms with Crippen LogP contribution in [0.25, 0.3) is 0 Å². The van der Waals surface area contributed by atoms with Crippen LogP contribution in [0.2, 0.25) is 0 Å². The average Bonchev–Trinajstić information content (AvgIpc) is 2.95. The average molecular weight is 289 g/mol. The third-order valence-corrected chi connectivity index (χ3v) is 4.53. The molecule has 0 spiro atoms. The number of rotatable bonds is 3. The van der Waals surface area contributed by atoms with Crippen molar-refractivity contribution < 1.29 is 23.0 Å². The van der Waals surface area contributed by atoms with E-state index < -0.39 is 17.4 Å². The van der Waals surface area contributed by atoms with Crippen molar-refractivity contribution in [3.05, 3.63) is 0 Å². The van der Waals surface area contributed by atoms with Gasteiger partial charge in [0.15, 0.2) is 0 Å². The van der Waals surface area contributed by atoms with Gasteiger partial charge >= 0.3 is 0 Å². The highest BCUT2D eigenvalue weighted by Gasteiger charge is 2.57. The first-order valence-electron chi connectivity index (χ1n) is 7.18. The summed E-state index contributed by atoms with van der Waals surface area (Å²) >= 11 is 0. The molecule has 3 aliphatic rings. The highest BCUT2D eigenvalue weighted by atomic mass is 19.3. The third-order valence-electron chi connectivity index (χ3n) is 4.53. The van der Waals surface area contributed by atoms with Crippen molar-refractivity contribution in [3.63, 3.8) is 0 Å². The Labute approximate surface area is 117 Å². The molecule has 2 atom stereocenters. The molecule has 2 heterocycles. The fourth-order valence-corrected chi connectivity index (χ4v) is 3.38. The quantitative estimate of drug-likeness (QED) is 0.795. The van der Waals surface area contributed by atoms with E-state index in [9.17, 15) is 13.6 Å². The van der Waals surface area contributed by atoms with E-state index in [1.807, 2.05) is 13.8 Å². The SMILES string of the molecule is CC1(C)CN(C(=O)C2(CC(F)F)CC2)[C@@H]2COC[C@H]2O1. The van der Waals surface area contributed by atoms with Gasteiger partial charge in [-0.2, -0.15) is 0 Å². The summed E-state index contributed by atoms with van der Waals surface area (Å²) in [5.74, 6) is -0.130. The molecule has 0 aromatic heterocycles. The predicted molar refractivity (Wildman–Crippen MR) is 67.6 cm³/mol. The highest BCUT2D eigenvalue weighted by Crippen LogP contribution is 2.52. The molecule has 1 amide bonds. The molecule has 0 aromatic rings. The Kier molecular flexibility index (Phi) is 3.29. The van der Waals surface area contributed by atoms with Crippen LogP contribution in [-0.2, 0) is 14.3 Å². The smallest absolute Gasteiger partial charge is 0.239 e. The number of amides is 1. The van der Waals surface area contributed by atoms with E-state index in [4.69, 9.17) is 9.47 Å². The molecule has 6 heteroatoms. The Morgan fingerprint density at radius 1 is 1.35 bits per heavy atom. The Bertz CT molecular complexity index is 409. The molecule has 1 saturated carbocycles. The van der Waals surface area contributed by atoms with E-state index in [0.29, 0.717) is 32.6 Å². The van der Waals surface area contributed by atoms with Gasteiger partial charge in [0.1, 0.15) is 6.10 Å². The molecule has 114 valence electrons. The van der Waals surface area contributed by atoms with Crippen LogP contribution < -0.4 is 0 Å². The van der Waals surface area contributed by atoms with Crippen molar-refractivity contribution in [3.8, 4) is 0 Å². The first kappa shape index (κ1) is 14.2. The van der Waals surface area contributed by atoms with Crippen LogP contribution in [0.15, 0.2) is 0 Å². The van der Waals surface area contributed by atoms with Crippen molar-refractivity contribution in [1.82, 2.24) is 4.90 Å². The number of hydrogen-bond acceptors (Lipinski definition) is 3. The van der Waals surface area contributed by atoms with Gasteiger partial charge in [-0.25, -0.2) is 8.78 Å². The van der Waals surface area contributed by atoms with Gasteiger partial charge in [-0.3, -0.25) is 4.79 Å². The Balaban J connectivity index is 1.79. The van der Waals surface area contributed by atoms with E-state index in [0.717, 1.165) is 0 Å². The van der Waals surface area contributed by atoms with Crippen LogP contribution in [0.5, 0.6) is 0 Å². The zero-order chi connectivity index (χ0) is 14.5. The standard InChI is InChI=1S/C14H21F2NO3/c1-13(2)8-17(9-6-19-7-10(9)20-13)12(18)14(3-4-14)5-11(15)16/h9-11H,3-8H2,1-2H3/t9-,10-/m1/s1. The van der Waals surface area contributed by atoms with Crippen molar-refractivity contribution in [1.29, 1.82) is 0 Å². The molecule has 1 aliphatic carbocycles. The second kappa shape index (κ2) is 4.63. The van der Waals surface area contributed by atoms with Gasteiger partial charge in [0, 0.05) is 13.0 Å². The minimum absolute atomic E-state index is 0.120. The molecule has 20 heavy (non-hydrogen) atoms. The predicted octanol–water partition coefficient (Wildman–Crippen LogP) is 1.83. The fraction of sp³-hybridized carbons (Fsp3) is 0.929. The lowest BCUT2D eigenvalue weighted by molar-refractivity contribution is -0.174. The monoisotopic (exact) mass is 289 g/mol. The van der Waals surface area contributed by atoms with Gasteiger partial charge in [0.25, 0.3) is 0 Å². The van der Waals surface area contributed by atoms with E-state index >= 15 is 0 Å². The Morgan fingerprint density at radius 3 is 2.65 bits per heavy atom. The molecular weight excluding hydrogens is 268 g/mol. The van der Waals surface area contributed by atoms with E-state index in [2.05, 4.69) is 0 Å². The summed E-state index contributed by atoms with van der Waals surface area (Å²) in [6.45, 7) is 5.21. The maximum atomic E-state index is 12.7. The van der Waals surface area contributed by atoms with Crippen LogP contribution >= 0.6 is 0 Å². The molecule has 2 saturated heterocycles. The lowest BCUT2D eigenvalue weighted by Gasteiger charge is -2.46. The first-order chi connectivity index (χ1) is 9.33. The second-order valence-corrected chi connectivity index (χ2v) is 6.83. The van der Waals surface area contributed by atoms with Crippen molar-refractivity contribution in [2.45, 2.75) is 57.3 Å². The number of carbonyl (C=O) groups is 1. The molecular formula is C14H21F2NO3. The molecule has 0 aromatic carbocycles. The van der Waals surface area contributed by atoms with Gasteiger partial charge < -0.3 is 14.4 Å². The molecule has 4 nitrogen and oxygen atoms in total. The number of hydrogen-bond donors (Lipinski definition) is 0. The van der Waals surface area contributed by atoms with Crippen LogP contribution in [0.4, 0.5) is 8.78 Å². The number of morpholine rings is 1. The van der Waals surface area contributed by atoms with Crippen LogP contribution in [0.1, 0.15) is 33.1 Å². The minimum Gasteiger partial charge on any atom is -0.376 e. The largest absolute Gasteiger partial charge is 0.376 e. The van der Waals surface area contributed by atoms with Gasteiger partial charge in [-0.05, 0) is 26.7 Å². The van der Waals surface area contributed by atoms with Crippen molar-refractivity contribution in [2.24, 2.45) is 5.41 Å². The molecule has 0 radical (unpaired) electrons. The number of halogens is 2. The summed E-state index contributed by atoms with van der Waals surface area (Å²) in [6, 6.07) is -0.120. The van der Waals surface area contributed by atoms with Gasteiger partial charge in [-0.1, -0.05) is 0 Å². The molecule has 0 N–H and O–H groups in total. The summed E-state index contributed by atoms with van der Waals surface area (Å²) < 4.78 is 36.7. The van der Waals surface area contributed by atoms with Gasteiger partial charge in [0.05, 0.1) is 30.3 Å².